The fourth-order valence-corrected chi connectivity index (χ4v) is 1.92. The topological polar surface area (TPSA) is 54.0 Å². The average Bonchev–Trinajstić information content (AvgIpc) is 2.49. The van der Waals surface area contributed by atoms with Gasteiger partial charge in [-0.15, -0.1) is 0 Å². The van der Waals surface area contributed by atoms with Gasteiger partial charge < -0.3 is 10.6 Å². The smallest absolute Gasteiger partial charge is 0.234 e. The molecule has 1 aromatic heterocycles. The van der Waals surface area contributed by atoms with Crippen LogP contribution in [0.2, 0.25) is 0 Å². The molecule has 2 rings (SSSR count). The van der Waals surface area contributed by atoms with Gasteiger partial charge in [-0.05, 0) is 24.6 Å². The Morgan fingerprint density at radius 3 is 2.60 bits per heavy atom. The highest BCUT2D eigenvalue weighted by atomic mass is 16.1. The maximum Gasteiger partial charge on any atom is 0.234 e. The molecule has 4 nitrogen and oxygen atoms in total. The van der Waals surface area contributed by atoms with Gasteiger partial charge in [0.05, 0.1) is 18.3 Å². The van der Waals surface area contributed by atoms with Crippen LogP contribution in [-0.2, 0) is 11.3 Å². The SMILES string of the molecule is C[C@@H](NC(=O)CNCc1ccccn1)c1ccccc1. The number of nitrogens with one attached hydrogen (secondary N) is 2. The molecule has 0 aliphatic heterocycles. The number of hydrogen-bond acceptors (Lipinski definition) is 3. The summed E-state index contributed by atoms with van der Waals surface area (Å²) in [5.41, 5.74) is 2.03. The lowest BCUT2D eigenvalue weighted by atomic mass is 10.1. The summed E-state index contributed by atoms with van der Waals surface area (Å²) in [4.78, 5) is 16.0. The number of carbonyl (C=O) groups excluding carboxylic acids is 1. The second-order valence-corrected chi connectivity index (χ2v) is 4.62. The summed E-state index contributed by atoms with van der Waals surface area (Å²) in [7, 11) is 0. The summed E-state index contributed by atoms with van der Waals surface area (Å²) in [5, 5.41) is 6.04. The van der Waals surface area contributed by atoms with Crippen LogP contribution in [0.3, 0.4) is 0 Å². The molecule has 0 saturated carbocycles. The summed E-state index contributed by atoms with van der Waals surface area (Å²) in [5.74, 6) is -0.0164. The molecule has 1 aromatic carbocycles. The summed E-state index contributed by atoms with van der Waals surface area (Å²) in [6.45, 7) is 2.85. The van der Waals surface area contributed by atoms with E-state index in [1.165, 1.54) is 0 Å². The van der Waals surface area contributed by atoms with Crippen LogP contribution in [-0.4, -0.2) is 17.4 Å². The molecule has 0 aliphatic rings. The van der Waals surface area contributed by atoms with Gasteiger partial charge in [0.25, 0.3) is 0 Å². The molecular weight excluding hydrogens is 250 g/mol. The molecule has 0 fully saturated rings. The zero-order valence-electron chi connectivity index (χ0n) is 11.5. The first kappa shape index (κ1) is 14.2. The Kier molecular flexibility index (Phi) is 5.26. The molecule has 20 heavy (non-hydrogen) atoms. The third-order valence-corrected chi connectivity index (χ3v) is 2.99. The van der Waals surface area contributed by atoms with Gasteiger partial charge >= 0.3 is 0 Å². The third-order valence-electron chi connectivity index (χ3n) is 2.99. The second kappa shape index (κ2) is 7.40. The van der Waals surface area contributed by atoms with Crippen LogP contribution >= 0.6 is 0 Å². The normalized spacial score (nSPS) is 11.8. The maximum absolute atomic E-state index is 11.8. The van der Waals surface area contributed by atoms with E-state index < -0.39 is 0 Å². The molecule has 0 bridgehead atoms. The Morgan fingerprint density at radius 2 is 1.90 bits per heavy atom. The lowest BCUT2D eigenvalue weighted by Gasteiger charge is -2.14. The molecule has 1 amide bonds. The van der Waals surface area contributed by atoms with Crippen molar-refractivity contribution >= 4 is 5.91 Å². The van der Waals surface area contributed by atoms with Crippen molar-refractivity contribution in [2.24, 2.45) is 0 Å². The van der Waals surface area contributed by atoms with Gasteiger partial charge in [-0.3, -0.25) is 9.78 Å². The minimum atomic E-state index is -0.0164. The molecule has 0 radical (unpaired) electrons. The van der Waals surface area contributed by atoms with Crippen molar-refractivity contribution in [2.45, 2.75) is 19.5 Å². The van der Waals surface area contributed by atoms with Crippen molar-refractivity contribution in [3.8, 4) is 0 Å². The first-order valence-corrected chi connectivity index (χ1v) is 6.70. The Balaban J connectivity index is 1.73. The highest BCUT2D eigenvalue weighted by Gasteiger charge is 2.08. The molecule has 1 heterocycles. The van der Waals surface area contributed by atoms with Crippen molar-refractivity contribution in [1.82, 2.24) is 15.6 Å². The molecule has 104 valence electrons. The van der Waals surface area contributed by atoms with Crippen molar-refractivity contribution in [1.29, 1.82) is 0 Å². The number of pyridine rings is 1. The third kappa shape index (κ3) is 4.48. The number of amides is 1. The van der Waals surface area contributed by atoms with Gasteiger partial charge in [-0.25, -0.2) is 0 Å². The molecule has 2 N–H and O–H groups in total. The number of aromatic nitrogens is 1. The van der Waals surface area contributed by atoms with Crippen LogP contribution in [0, 0.1) is 0 Å². The number of benzene rings is 1. The second-order valence-electron chi connectivity index (χ2n) is 4.62. The Hall–Kier alpha value is -2.20. The van der Waals surface area contributed by atoms with Crippen LogP contribution in [0.4, 0.5) is 0 Å². The number of carbonyl (C=O) groups is 1. The van der Waals surface area contributed by atoms with Crippen molar-refractivity contribution in [3.63, 3.8) is 0 Å². The number of rotatable bonds is 6. The van der Waals surface area contributed by atoms with Crippen molar-refractivity contribution < 1.29 is 4.79 Å². The van der Waals surface area contributed by atoms with Crippen LogP contribution in [0.1, 0.15) is 24.2 Å². The number of hydrogen-bond donors (Lipinski definition) is 2. The van der Waals surface area contributed by atoms with Gasteiger partial charge in [0.2, 0.25) is 5.91 Å². The summed E-state index contributed by atoms with van der Waals surface area (Å²) in [6.07, 6.45) is 1.74. The van der Waals surface area contributed by atoms with E-state index in [0.29, 0.717) is 6.54 Å². The van der Waals surface area contributed by atoms with Gasteiger partial charge in [0.1, 0.15) is 0 Å². The van der Waals surface area contributed by atoms with E-state index in [1.807, 2.05) is 55.5 Å². The lowest BCUT2D eigenvalue weighted by Crippen LogP contribution is -2.35. The summed E-state index contributed by atoms with van der Waals surface area (Å²) in [6, 6.07) is 15.7. The van der Waals surface area contributed by atoms with E-state index in [-0.39, 0.29) is 18.5 Å². The molecule has 1 atom stereocenters. The van der Waals surface area contributed by atoms with Gasteiger partial charge in [0, 0.05) is 12.7 Å². The van der Waals surface area contributed by atoms with E-state index in [1.54, 1.807) is 6.20 Å². The molecular formula is C16H19N3O. The summed E-state index contributed by atoms with van der Waals surface area (Å²) >= 11 is 0. The largest absolute Gasteiger partial charge is 0.348 e. The monoisotopic (exact) mass is 269 g/mol. The molecule has 0 saturated heterocycles. The minimum absolute atomic E-state index is 0.0142. The molecule has 2 aromatic rings. The van der Waals surface area contributed by atoms with Crippen LogP contribution < -0.4 is 10.6 Å². The van der Waals surface area contributed by atoms with Gasteiger partial charge in [0.15, 0.2) is 0 Å². The zero-order valence-corrected chi connectivity index (χ0v) is 11.5. The first-order valence-electron chi connectivity index (χ1n) is 6.70. The van der Waals surface area contributed by atoms with E-state index in [4.69, 9.17) is 0 Å². The molecule has 0 unspecified atom stereocenters. The lowest BCUT2D eigenvalue weighted by molar-refractivity contribution is -0.120. The highest BCUT2D eigenvalue weighted by molar-refractivity contribution is 5.78. The quantitative estimate of drug-likeness (QED) is 0.844. The predicted octanol–water partition coefficient (Wildman–Crippen LogP) is 2.05. The van der Waals surface area contributed by atoms with E-state index in [0.717, 1.165) is 11.3 Å². The van der Waals surface area contributed by atoms with Crippen LogP contribution in [0.15, 0.2) is 54.7 Å². The number of nitrogens with zero attached hydrogens (tertiary/aromatic N) is 1. The zero-order chi connectivity index (χ0) is 14.2. The van der Waals surface area contributed by atoms with Crippen LogP contribution in [0.25, 0.3) is 0 Å². The average molecular weight is 269 g/mol. The standard InChI is InChI=1S/C16H19N3O/c1-13(14-7-3-2-4-8-14)19-16(20)12-17-11-15-9-5-6-10-18-15/h2-10,13,17H,11-12H2,1H3,(H,19,20)/t13-/m1/s1. The molecule has 0 aliphatic carbocycles. The Morgan fingerprint density at radius 1 is 1.15 bits per heavy atom. The predicted molar refractivity (Wildman–Crippen MR) is 78.9 cm³/mol. The highest BCUT2D eigenvalue weighted by Crippen LogP contribution is 2.10. The fraction of sp³-hybridized carbons (Fsp3) is 0.250. The summed E-state index contributed by atoms with van der Waals surface area (Å²) < 4.78 is 0. The minimum Gasteiger partial charge on any atom is -0.348 e. The maximum atomic E-state index is 11.8. The van der Waals surface area contributed by atoms with Crippen molar-refractivity contribution in [3.05, 3.63) is 66.0 Å². The van der Waals surface area contributed by atoms with E-state index >= 15 is 0 Å². The van der Waals surface area contributed by atoms with Crippen molar-refractivity contribution in [2.75, 3.05) is 6.54 Å². The van der Waals surface area contributed by atoms with Gasteiger partial charge in [-0.1, -0.05) is 36.4 Å². The first-order chi connectivity index (χ1) is 9.75. The van der Waals surface area contributed by atoms with Crippen LogP contribution in [0.5, 0.6) is 0 Å². The fourth-order valence-electron chi connectivity index (χ4n) is 1.92. The van der Waals surface area contributed by atoms with Gasteiger partial charge in [-0.2, -0.15) is 0 Å². The Bertz CT molecular complexity index is 528. The Labute approximate surface area is 119 Å². The van der Waals surface area contributed by atoms with E-state index in [2.05, 4.69) is 15.6 Å². The molecule has 4 heteroatoms. The molecule has 0 spiro atoms. The van der Waals surface area contributed by atoms with E-state index in [9.17, 15) is 4.79 Å².